The molecule has 0 heterocycles. The van der Waals surface area contributed by atoms with Crippen molar-refractivity contribution in [1.82, 2.24) is 0 Å². The highest BCUT2D eigenvalue weighted by Crippen LogP contribution is 2.10. The number of nitrogens with zero attached hydrogens (tertiary/aromatic N) is 1. The zero-order valence-electron chi connectivity index (χ0n) is 6.31. The summed E-state index contributed by atoms with van der Waals surface area (Å²) in [5, 5.41) is 10.3. The number of rotatable bonds is 3. The molecular weight excluding hydrogens is 269 g/mol. The van der Waals surface area contributed by atoms with Crippen LogP contribution in [-0.4, -0.2) is 8.97 Å². The Labute approximate surface area is 84.1 Å². The van der Waals surface area contributed by atoms with Gasteiger partial charge in [0.05, 0.1) is 0 Å². The molecule has 0 aliphatic heterocycles. The second-order valence-electron chi connectivity index (χ2n) is 2.41. The first-order chi connectivity index (χ1) is 5.70. The van der Waals surface area contributed by atoms with Gasteiger partial charge in [-0.3, -0.25) is 10.1 Å². The third-order valence-electron chi connectivity index (χ3n) is 1.48. The van der Waals surface area contributed by atoms with Gasteiger partial charge in [-0.25, -0.2) is 0 Å². The number of benzene rings is 1. The minimum absolute atomic E-state index is 0.270. The molecule has 1 rings (SSSR count). The molecule has 4 heteroatoms. The van der Waals surface area contributed by atoms with E-state index in [0.29, 0.717) is 6.42 Å². The van der Waals surface area contributed by atoms with Gasteiger partial charge in [0, 0.05) is 33.9 Å². The molecule has 0 aromatic heterocycles. The highest BCUT2D eigenvalue weighted by molar-refractivity contribution is 14.1. The van der Waals surface area contributed by atoms with Crippen molar-refractivity contribution in [3.63, 3.8) is 0 Å². The molecule has 64 valence electrons. The van der Waals surface area contributed by atoms with E-state index >= 15 is 0 Å². The maximum absolute atomic E-state index is 10.3. The first-order valence-electron chi connectivity index (χ1n) is 3.51. The molecule has 0 spiro atoms. The monoisotopic (exact) mass is 277 g/mol. The average molecular weight is 277 g/mol. The Morgan fingerprint density at radius 2 is 2.00 bits per heavy atom. The lowest BCUT2D eigenvalue weighted by atomic mass is 10.2. The molecule has 0 bridgehead atoms. The maximum Gasteiger partial charge on any atom is 0.264 e. The van der Waals surface area contributed by atoms with Gasteiger partial charge in [0.15, 0.2) is 0 Å². The Morgan fingerprint density at radius 3 is 2.50 bits per heavy atom. The molecule has 1 unspecified atom stereocenters. The largest absolute Gasteiger partial charge is 0.264 e. The number of halogens is 1. The molecule has 0 amide bonds. The van der Waals surface area contributed by atoms with Gasteiger partial charge in [-0.2, -0.15) is 0 Å². The molecule has 3 nitrogen and oxygen atoms in total. The second kappa shape index (κ2) is 4.39. The Morgan fingerprint density at radius 1 is 1.42 bits per heavy atom. The molecule has 0 saturated heterocycles. The lowest BCUT2D eigenvalue weighted by Gasteiger charge is -2.00. The van der Waals surface area contributed by atoms with Crippen LogP contribution >= 0.6 is 22.6 Å². The standard InChI is InChI=1S/C8H8INO2/c9-8(10(11)12)6-7-4-2-1-3-5-7/h1-5,8H,6H2. The van der Waals surface area contributed by atoms with Gasteiger partial charge in [-0.05, 0) is 5.56 Å². The second-order valence-corrected chi connectivity index (χ2v) is 3.85. The number of hydrogen-bond donors (Lipinski definition) is 0. The molecule has 0 aliphatic carbocycles. The fourth-order valence-electron chi connectivity index (χ4n) is 0.883. The topological polar surface area (TPSA) is 43.1 Å². The van der Waals surface area contributed by atoms with Crippen LogP contribution in [0.15, 0.2) is 30.3 Å². The number of hydrogen-bond acceptors (Lipinski definition) is 2. The van der Waals surface area contributed by atoms with Gasteiger partial charge in [0.1, 0.15) is 0 Å². The fraction of sp³-hybridized carbons (Fsp3) is 0.250. The van der Waals surface area contributed by atoms with Crippen molar-refractivity contribution in [1.29, 1.82) is 0 Å². The summed E-state index contributed by atoms with van der Waals surface area (Å²) in [6, 6.07) is 9.47. The summed E-state index contributed by atoms with van der Waals surface area (Å²) in [5.41, 5.74) is 1.01. The van der Waals surface area contributed by atoms with E-state index in [-0.39, 0.29) is 4.92 Å². The number of alkyl halides is 1. The predicted molar refractivity (Wildman–Crippen MR) is 54.9 cm³/mol. The Hall–Kier alpha value is -0.650. The highest BCUT2D eigenvalue weighted by Gasteiger charge is 2.14. The normalized spacial score (nSPS) is 12.4. The van der Waals surface area contributed by atoms with Crippen LogP contribution in [0.3, 0.4) is 0 Å². The van der Waals surface area contributed by atoms with E-state index in [9.17, 15) is 10.1 Å². The van der Waals surface area contributed by atoms with Crippen LogP contribution in [-0.2, 0) is 6.42 Å². The molecule has 0 saturated carbocycles. The van der Waals surface area contributed by atoms with Gasteiger partial charge in [-0.15, -0.1) is 0 Å². The summed E-state index contributed by atoms with van der Waals surface area (Å²) in [7, 11) is 0. The van der Waals surface area contributed by atoms with Crippen LogP contribution in [0.2, 0.25) is 0 Å². The summed E-state index contributed by atoms with van der Waals surface area (Å²) in [6.45, 7) is 0. The minimum Gasteiger partial charge on any atom is -0.263 e. The van der Waals surface area contributed by atoms with Crippen LogP contribution < -0.4 is 0 Å². The van der Waals surface area contributed by atoms with Crippen LogP contribution in [0, 0.1) is 10.1 Å². The summed E-state index contributed by atoms with van der Waals surface area (Å²) < 4.78 is -0.523. The molecule has 12 heavy (non-hydrogen) atoms. The molecule has 0 radical (unpaired) electrons. The summed E-state index contributed by atoms with van der Waals surface area (Å²) in [6.07, 6.45) is 0.494. The molecule has 1 aromatic rings. The minimum atomic E-state index is -0.523. The van der Waals surface area contributed by atoms with Crippen molar-refractivity contribution in [2.45, 2.75) is 10.5 Å². The molecule has 1 aromatic carbocycles. The van der Waals surface area contributed by atoms with Gasteiger partial charge in [0.25, 0.3) is 4.05 Å². The van der Waals surface area contributed by atoms with Gasteiger partial charge < -0.3 is 0 Å². The summed E-state index contributed by atoms with van der Waals surface area (Å²) >= 11 is 1.84. The summed E-state index contributed by atoms with van der Waals surface area (Å²) in [5.74, 6) is 0. The third kappa shape index (κ3) is 2.77. The van der Waals surface area contributed by atoms with Crippen molar-refractivity contribution < 1.29 is 4.92 Å². The zero-order chi connectivity index (χ0) is 8.97. The average Bonchev–Trinajstić information content (AvgIpc) is 2.06. The van der Waals surface area contributed by atoms with Gasteiger partial charge in [-0.1, -0.05) is 30.3 Å². The molecule has 0 fully saturated rings. The van der Waals surface area contributed by atoms with E-state index in [2.05, 4.69) is 0 Å². The van der Waals surface area contributed by atoms with Crippen LogP contribution in [0.4, 0.5) is 0 Å². The van der Waals surface area contributed by atoms with E-state index in [1.54, 1.807) is 0 Å². The van der Waals surface area contributed by atoms with E-state index in [1.807, 2.05) is 52.9 Å². The lowest BCUT2D eigenvalue weighted by molar-refractivity contribution is -0.488. The van der Waals surface area contributed by atoms with Crippen molar-refractivity contribution in [3.05, 3.63) is 46.0 Å². The quantitative estimate of drug-likeness (QED) is 0.279. The fourth-order valence-corrected chi connectivity index (χ4v) is 1.39. The van der Waals surface area contributed by atoms with Crippen molar-refractivity contribution in [3.8, 4) is 0 Å². The summed E-state index contributed by atoms with van der Waals surface area (Å²) in [4.78, 5) is 10.0. The Bertz CT molecular complexity index is 263. The van der Waals surface area contributed by atoms with E-state index in [1.165, 1.54) is 0 Å². The van der Waals surface area contributed by atoms with Crippen LogP contribution in [0.1, 0.15) is 5.56 Å². The van der Waals surface area contributed by atoms with Crippen molar-refractivity contribution >= 4 is 22.6 Å². The molecule has 0 N–H and O–H groups in total. The Kier molecular flexibility index (Phi) is 3.46. The van der Waals surface area contributed by atoms with Crippen LogP contribution in [0.5, 0.6) is 0 Å². The predicted octanol–water partition coefficient (Wildman–Crippen LogP) is 2.27. The van der Waals surface area contributed by atoms with Crippen LogP contribution in [0.25, 0.3) is 0 Å². The molecule has 0 aliphatic rings. The molecular formula is C8H8INO2. The van der Waals surface area contributed by atoms with Crippen molar-refractivity contribution in [2.75, 3.05) is 0 Å². The smallest absolute Gasteiger partial charge is 0.263 e. The van der Waals surface area contributed by atoms with E-state index < -0.39 is 4.05 Å². The van der Waals surface area contributed by atoms with E-state index in [0.717, 1.165) is 5.56 Å². The highest BCUT2D eigenvalue weighted by atomic mass is 127. The first-order valence-corrected chi connectivity index (χ1v) is 4.76. The van der Waals surface area contributed by atoms with E-state index in [4.69, 9.17) is 0 Å². The van der Waals surface area contributed by atoms with Gasteiger partial charge in [0.2, 0.25) is 0 Å². The zero-order valence-corrected chi connectivity index (χ0v) is 8.47. The van der Waals surface area contributed by atoms with Crippen molar-refractivity contribution in [2.24, 2.45) is 0 Å². The van der Waals surface area contributed by atoms with Gasteiger partial charge >= 0.3 is 0 Å². The third-order valence-corrected chi connectivity index (χ3v) is 2.37. The maximum atomic E-state index is 10.3. The number of nitro groups is 1. The lowest BCUT2D eigenvalue weighted by Crippen LogP contribution is -2.13. The first kappa shape index (κ1) is 9.44. The Balaban J connectivity index is 2.58. The SMILES string of the molecule is O=[N+]([O-])C(I)Cc1ccccc1. The molecule has 1 atom stereocenters.